The fraction of sp³-hybridized carbons (Fsp3) is 0.412. The van der Waals surface area contributed by atoms with E-state index < -0.39 is 0 Å². The summed E-state index contributed by atoms with van der Waals surface area (Å²) in [6.07, 6.45) is 8.66. The van der Waals surface area contributed by atoms with E-state index in [1.807, 2.05) is 36.4 Å². The number of hydrogen-bond donors (Lipinski definition) is 1. The van der Waals surface area contributed by atoms with Crippen molar-refractivity contribution in [1.82, 2.24) is 0 Å². The van der Waals surface area contributed by atoms with E-state index in [1.165, 1.54) is 0 Å². The first-order valence-corrected chi connectivity index (χ1v) is 7.06. The summed E-state index contributed by atoms with van der Waals surface area (Å²) < 4.78 is 11.2. The predicted octanol–water partition coefficient (Wildman–Crippen LogP) is 3.54. The van der Waals surface area contributed by atoms with Crippen molar-refractivity contribution < 1.29 is 14.6 Å². The minimum Gasteiger partial charge on any atom is -0.497 e. The number of benzene rings is 1. The Kier molecular flexibility index (Phi) is 4.85. The van der Waals surface area contributed by atoms with Crippen LogP contribution in [0.15, 0.2) is 42.2 Å². The third-order valence-corrected chi connectivity index (χ3v) is 3.65. The molecule has 0 aromatic heterocycles. The number of ether oxygens (including phenoxy) is 2. The highest BCUT2D eigenvalue weighted by molar-refractivity contribution is 5.56. The molecule has 1 aliphatic heterocycles. The second-order valence-electron chi connectivity index (χ2n) is 5.00. The van der Waals surface area contributed by atoms with Gasteiger partial charge in [0, 0.05) is 6.61 Å². The Hall–Kier alpha value is -1.74. The van der Waals surface area contributed by atoms with Gasteiger partial charge in [0.1, 0.15) is 17.1 Å². The van der Waals surface area contributed by atoms with Gasteiger partial charge in [-0.1, -0.05) is 19.1 Å². The normalized spacial score (nSPS) is 23.1. The van der Waals surface area contributed by atoms with E-state index in [2.05, 4.69) is 13.0 Å². The van der Waals surface area contributed by atoms with Crippen molar-refractivity contribution in [3.8, 4) is 5.75 Å². The van der Waals surface area contributed by atoms with Gasteiger partial charge in [-0.3, -0.25) is 0 Å². The zero-order valence-corrected chi connectivity index (χ0v) is 12.1. The summed E-state index contributed by atoms with van der Waals surface area (Å²) in [5.41, 5.74) is 0.834. The fourth-order valence-corrected chi connectivity index (χ4v) is 2.36. The summed E-state index contributed by atoms with van der Waals surface area (Å²) >= 11 is 0. The van der Waals surface area contributed by atoms with Gasteiger partial charge in [0.05, 0.1) is 7.11 Å². The topological polar surface area (TPSA) is 38.7 Å². The Morgan fingerprint density at radius 1 is 1.30 bits per heavy atom. The monoisotopic (exact) mass is 274 g/mol. The Morgan fingerprint density at radius 2 is 2.05 bits per heavy atom. The molecule has 0 saturated carbocycles. The molecule has 3 heteroatoms. The number of rotatable bonds is 6. The van der Waals surface area contributed by atoms with Crippen LogP contribution in [0.4, 0.5) is 0 Å². The van der Waals surface area contributed by atoms with Crippen LogP contribution in [0, 0.1) is 0 Å². The molecule has 1 atom stereocenters. The molecule has 1 unspecified atom stereocenters. The molecular weight excluding hydrogens is 252 g/mol. The van der Waals surface area contributed by atoms with Crippen molar-refractivity contribution in [3.05, 3.63) is 47.7 Å². The maximum atomic E-state index is 8.98. The van der Waals surface area contributed by atoms with Crippen LogP contribution >= 0.6 is 0 Å². The number of methoxy groups -OCH3 is 1. The van der Waals surface area contributed by atoms with Gasteiger partial charge in [0.15, 0.2) is 0 Å². The van der Waals surface area contributed by atoms with Crippen LogP contribution in [0.2, 0.25) is 0 Å². The van der Waals surface area contributed by atoms with Gasteiger partial charge in [-0.2, -0.15) is 0 Å². The standard InChI is InChI=1S/C17H22O3/c1-3-17(10-4-12-18)11-9-16(20-17)13-14-5-7-15(19-2)8-6-14/h5-9,11,13,18H,3-4,10,12H2,1-2H3/b16-13-. The molecule has 1 heterocycles. The molecule has 108 valence electrons. The third-order valence-electron chi connectivity index (χ3n) is 3.65. The summed E-state index contributed by atoms with van der Waals surface area (Å²) in [5, 5.41) is 8.98. The highest BCUT2D eigenvalue weighted by Gasteiger charge is 2.31. The molecule has 1 aromatic rings. The zero-order chi connectivity index (χ0) is 14.4. The lowest BCUT2D eigenvalue weighted by Gasteiger charge is -2.26. The van der Waals surface area contributed by atoms with Crippen molar-refractivity contribution in [2.45, 2.75) is 31.8 Å². The summed E-state index contributed by atoms with van der Waals surface area (Å²) in [6, 6.07) is 7.87. The Balaban J connectivity index is 2.07. The second-order valence-corrected chi connectivity index (χ2v) is 5.00. The van der Waals surface area contributed by atoms with Gasteiger partial charge < -0.3 is 14.6 Å². The average molecular weight is 274 g/mol. The highest BCUT2D eigenvalue weighted by atomic mass is 16.5. The molecule has 0 aliphatic carbocycles. The van der Waals surface area contributed by atoms with Crippen LogP contribution in [0.3, 0.4) is 0 Å². The summed E-state index contributed by atoms with van der Waals surface area (Å²) in [7, 11) is 1.66. The maximum absolute atomic E-state index is 8.98. The first kappa shape index (κ1) is 14.7. The Labute approximate surface area is 120 Å². The first-order valence-electron chi connectivity index (χ1n) is 7.06. The number of hydrogen-bond acceptors (Lipinski definition) is 3. The van der Waals surface area contributed by atoms with Crippen molar-refractivity contribution in [2.24, 2.45) is 0 Å². The third kappa shape index (κ3) is 3.42. The van der Waals surface area contributed by atoms with Crippen LogP contribution in [0.1, 0.15) is 31.7 Å². The lowest BCUT2D eigenvalue weighted by molar-refractivity contribution is 0.0502. The SMILES string of the molecule is CCC1(CCCO)C=C/C(=C/c2ccc(OC)cc2)O1. The minimum atomic E-state index is -0.249. The summed E-state index contributed by atoms with van der Waals surface area (Å²) in [4.78, 5) is 0. The van der Waals surface area contributed by atoms with Gasteiger partial charge >= 0.3 is 0 Å². The van der Waals surface area contributed by atoms with Gasteiger partial charge in [-0.25, -0.2) is 0 Å². The van der Waals surface area contributed by atoms with E-state index >= 15 is 0 Å². The summed E-state index contributed by atoms with van der Waals surface area (Å²) in [5.74, 6) is 1.72. The zero-order valence-electron chi connectivity index (χ0n) is 12.1. The predicted molar refractivity (Wildman–Crippen MR) is 80.5 cm³/mol. The molecular formula is C17H22O3. The second kappa shape index (κ2) is 6.62. The maximum Gasteiger partial charge on any atom is 0.127 e. The largest absolute Gasteiger partial charge is 0.497 e. The molecule has 0 fully saturated rings. The lowest BCUT2D eigenvalue weighted by Crippen LogP contribution is -2.25. The van der Waals surface area contributed by atoms with E-state index in [0.29, 0.717) is 0 Å². The molecule has 1 aliphatic rings. The molecule has 0 radical (unpaired) electrons. The van der Waals surface area contributed by atoms with E-state index in [-0.39, 0.29) is 12.2 Å². The Bertz CT molecular complexity index is 487. The van der Waals surface area contributed by atoms with Crippen molar-refractivity contribution in [3.63, 3.8) is 0 Å². The molecule has 0 amide bonds. The smallest absolute Gasteiger partial charge is 0.127 e. The quantitative estimate of drug-likeness (QED) is 0.862. The molecule has 20 heavy (non-hydrogen) atoms. The number of allylic oxidation sites excluding steroid dienone is 1. The molecule has 0 bridgehead atoms. The van der Waals surface area contributed by atoms with Crippen LogP contribution < -0.4 is 4.74 Å². The molecule has 2 rings (SSSR count). The summed E-state index contributed by atoms with van der Waals surface area (Å²) in [6.45, 7) is 2.31. The molecule has 0 spiro atoms. The van der Waals surface area contributed by atoms with E-state index in [1.54, 1.807) is 7.11 Å². The lowest BCUT2D eigenvalue weighted by atomic mass is 9.95. The molecule has 1 aromatic carbocycles. The van der Waals surface area contributed by atoms with Gasteiger partial charge in [0.2, 0.25) is 0 Å². The fourth-order valence-electron chi connectivity index (χ4n) is 2.36. The molecule has 3 nitrogen and oxygen atoms in total. The Morgan fingerprint density at radius 3 is 2.65 bits per heavy atom. The van der Waals surface area contributed by atoms with Crippen LogP contribution in [0.5, 0.6) is 5.75 Å². The van der Waals surface area contributed by atoms with Crippen LogP contribution in [-0.4, -0.2) is 24.4 Å². The highest BCUT2D eigenvalue weighted by Crippen LogP contribution is 2.34. The molecule has 0 saturated heterocycles. The van der Waals surface area contributed by atoms with E-state index in [0.717, 1.165) is 36.3 Å². The van der Waals surface area contributed by atoms with E-state index in [4.69, 9.17) is 14.6 Å². The van der Waals surface area contributed by atoms with Crippen molar-refractivity contribution >= 4 is 6.08 Å². The molecule has 1 N–H and O–H groups in total. The van der Waals surface area contributed by atoms with E-state index in [9.17, 15) is 0 Å². The van der Waals surface area contributed by atoms with Gasteiger partial charge in [-0.05, 0) is 55.2 Å². The number of aliphatic hydroxyl groups excluding tert-OH is 1. The van der Waals surface area contributed by atoms with Crippen LogP contribution in [0.25, 0.3) is 6.08 Å². The first-order chi connectivity index (χ1) is 9.71. The van der Waals surface area contributed by atoms with Crippen molar-refractivity contribution in [1.29, 1.82) is 0 Å². The van der Waals surface area contributed by atoms with Gasteiger partial charge in [-0.15, -0.1) is 0 Å². The van der Waals surface area contributed by atoms with Crippen molar-refractivity contribution in [2.75, 3.05) is 13.7 Å². The minimum absolute atomic E-state index is 0.205. The van der Waals surface area contributed by atoms with Gasteiger partial charge in [0.25, 0.3) is 0 Å². The van der Waals surface area contributed by atoms with Crippen LogP contribution in [-0.2, 0) is 4.74 Å². The number of aliphatic hydroxyl groups is 1. The average Bonchev–Trinajstić information content (AvgIpc) is 2.90.